The molecule has 1 aromatic carbocycles. The summed E-state index contributed by atoms with van der Waals surface area (Å²) in [5, 5.41) is 28.5. The Kier molecular flexibility index (Phi) is 5.04. The first kappa shape index (κ1) is 20.1. The Bertz CT molecular complexity index is 1340. The lowest BCUT2D eigenvalue weighted by molar-refractivity contribution is -0.384. The number of non-ortho nitro benzene ring substituents is 1. The number of nitrogens with zero attached hydrogens (tertiary/aromatic N) is 5. The average molecular weight is 463 g/mol. The number of hydrazone groups is 1. The molecule has 158 valence electrons. The van der Waals surface area contributed by atoms with Crippen molar-refractivity contribution in [2.75, 3.05) is 0 Å². The van der Waals surface area contributed by atoms with E-state index in [0.717, 1.165) is 9.92 Å². The molecule has 11 heteroatoms. The summed E-state index contributed by atoms with van der Waals surface area (Å²) in [6.45, 7) is 0. The van der Waals surface area contributed by atoms with Crippen molar-refractivity contribution >= 4 is 56.8 Å². The van der Waals surface area contributed by atoms with Crippen molar-refractivity contribution in [3.8, 4) is 5.69 Å². The van der Waals surface area contributed by atoms with Crippen LogP contribution in [0.25, 0.3) is 11.8 Å². The molecule has 0 saturated carbocycles. The second kappa shape index (κ2) is 8.02. The molecule has 2 aliphatic heterocycles. The number of aromatic nitrogens is 1. The standard InChI is InChI=1S/C21H14N6O3S2/c22-19-17(11-15-3-1-9-25(15)13-5-7-14(8-6-13)27(29)30)20(28)23-21-26(19)24-18(32-21)12-16-4-2-10-31-16/h1-11,22H,12H2/b17-11-,22-19?. The minimum atomic E-state index is -0.502. The van der Waals surface area contributed by atoms with E-state index in [1.807, 2.05) is 17.5 Å². The quantitative estimate of drug-likeness (QED) is 0.344. The number of hydrogen-bond acceptors (Lipinski definition) is 7. The molecule has 2 aromatic heterocycles. The van der Waals surface area contributed by atoms with E-state index in [1.165, 1.54) is 28.9 Å². The lowest BCUT2D eigenvalue weighted by Gasteiger charge is -2.20. The molecular formula is C21H14N6O3S2. The Labute approximate surface area is 190 Å². The summed E-state index contributed by atoms with van der Waals surface area (Å²) in [7, 11) is 0. The van der Waals surface area contributed by atoms with Gasteiger partial charge in [-0.15, -0.1) is 11.3 Å². The molecule has 0 fully saturated rings. The van der Waals surface area contributed by atoms with Crippen LogP contribution in [0.5, 0.6) is 0 Å². The molecule has 3 aromatic rings. The van der Waals surface area contributed by atoms with Crippen LogP contribution in [0.15, 0.2) is 75.8 Å². The Hall–Kier alpha value is -3.83. The minimum absolute atomic E-state index is 0.00494. The summed E-state index contributed by atoms with van der Waals surface area (Å²) >= 11 is 2.92. The van der Waals surface area contributed by atoms with Gasteiger partial charge in [0.05, 0.1) is 10.5 Å². The Morgan fingerprint density at radius 2 is 1.97 bits per heavy atom. The van der Waals surface area contributed by atoms with E-state index in [0.29, 0.717) is 23.0 Å². The first-order chi connectivity index (χ1) is 15.5. The number of fused-ring (bicyclic) bond motifs is 1. The van der Waals surface area contributed by atoms with Crippen LogP contribution in [0.1, 0.15) is 10.6 Å². The van der Waals surface area contributed by atoms with Crippen molar-refractivity contribution in [3.63, 3.8) is 0 Å². The highest BCUT2D eigenvalue weighted by Gasteiger charge is 2.35. The minimum Gasteiger partial charge on any atom is -0.317 e. The van der Waals surface area contributed by atoms with Crippen LogP contribution in [0.4, 0.5) is 5.69 Å². The van der Waals surface area contributed by atoms with Crippen molar-refractivity contribution in [1.82, 2.24) is 9.58 Å². The van der Waals surface area contributed by atoms with E-state index in [4.69, 9.17) is 5.41 Å². The summed E-state index contributed by atoms with van der Waals surface area (Å²) in [4.78, 5) is 28.4. The number of aliphatic imine (C=N–C) groups is 1. The number of nitro groups is 1. The van der Waals surface area contributed by atoms with Gasteiger partial charge in [-0.05, 0) is 53.5 Å². The zero-order valence-electron chi connectivity index (χ0n) is 16.3. The number of carbonyl (C=O) groups is 1. The summed E-state index contributed by atoms with van der Waals surface area (Å²) in [5.74, 6) is -0.539. The van der Waals surface area contributed by atoms with Gasteiger partial charge in [0.25, 0.3) is 11.6 Å². The molecule has 0 unspecified atom stereocenters. The molecule has 0 saturated heterocycles. The number of carbonyl (C=O) groups excluding carboxylic acids is 1. The monoisotopic (exact) mass is 462 g/mol. The molecule has 0 atom stereocenters. The molecule has 0 spiro atoms. The van der Waals surface area contributed by atoms with Gasteiger partial charge in [0.1, 0.15) is 5.04 Å². The maximum atomic E-state index is 12.7. The summed E-state index contributed by atoms with van der Waals surface area (Å²) < 4.78 is 1.78. The fraction of sp³-hybridized carbons (Fsp3) is 0.0476. The molecule has 0 radical (unpaired) electrons. The predicted molar refractivity (Wildman–Crippen MR) is 125 cm³/mol. The number of benzene rings is 1. The number of thioether (sulfide) groups is 1. The Morgan fingerprint density at radius 1 is 1.16 bits per heavy atom. The van der Waals surface area contributed by atoms with Crippen LogP contribution in [0.2, 0.25) is 0 Å². The highest BCUT2D eigenvalue weighted by molar-refractivity contribution is 8.27. The third-order valence-electron chi connectivity index (χ3n) is 4.81. The Balaban J connectivity index is 1.44. The maximum absolute atomic E-state index is 12.7. The zero-order valence-corrected chi connectivity index (χ0v) is 18.0. The lowest BCUT2D eigenvalue weighted by Crippen LogP contribution is -2.35. The molecule has 32 heavy (non-hydrogen) atoms. The van der Waals surface area contributed by atoms with E-state index in [2.05, 4.69) is 10.1 Å². The van der Waals surface area contributed by atoms with E-state index in [-0.39, 0.29) is 17.1 Å². The molecule has 0 bridgehead atoms. The molecule has 5 rings (SSSR count). The van der Waals surface area contributed by atoms with E-state index < -0.39 is 10.8 Å². The first-order valence-corrected chi connectivity index (χ1v) is 11.1. The van der Waals surface area contributed by atoms with Crippen LogP contribution in [0.3, 0.4) is 0 Å². The molecule has 1 N–H and O–H groups in total. The highest BCUT2D eigenvalue weighted by atomic mass is 32.2. The molecule has 1 amide bonds. The predicted octanol–water partition coefficient (Wildman–Crippen LogP) is 4.31. The second-order valence-corrected chi connectivity index (χ2v) is 8.92. The van der Waals surface area contributed by atoms with Crippen LogP contribution < -0.4 is 0 Å². The largest absolute Gasteiger partial charge is 0.317 e. The SMILES string of the molecule is N=C1/C(=C/c2cccn2-c2ccc([N+](=O)[O-])cc2)C(=O)N=C2SC(Cc3cccs3)=NN12. The average Bonchev–Trinajstić information content (AvgIpc) is 3.53. The highest BCUT2D eigenvalue weighted by Crippen LogP contribution is 2.30. The number of thiophene rings is 1. The lowest BCUT2D eigenvalue weighted by atomic mass is 10.1. The number of nitrogens with one attached hydrogen (secondary N) is 1. The summed E-state index contributed by atoms with van der Waals surface area (Å²) in [6, 6.07) is 13.7. The third kappa shape index (κ3) is 3.67. The maximum Gasteiger partial charge on any atom is 0.283 e. The molecule has 0 aliphatic carbocycles. The Morgan fingerprint density at radius 3 is 2.69 bits per heavy atom. The topological polar surface area (TPSA) is 117 Å². The van der Waals surface area contributed by atoms with Crippen molar-refractivity contribution in [3.05, 3.63) is 86.4 Å². The van der Waals surface area contributed by atoms with Gasteiger partial charge in [0.2, 0.25) is 5.17 Å². The fourth-order valence-corrected chi connectivity index (χ4v) is 5.00. The van der Waals surface area contributed by atoms with Crippen molar-refractivity contribution in [2.45, 2.75) is 6.42 Å². The first-order valence-electron chi connectivity index (χ1n) is 9.43. The second-order valence-electron chi connectivity index (χ2n) is 6.85. The number of hydrogen-bond donors (Lipinski definition) is 1. The zero-order chi connectivity index (χ0) is 22.2. The fourth-order valence-electron chi connectivity index (χ4n) is 3.30. The van der Waals surface area contributed by atoms with E-state index >= 15 is 0 Å². The summed E-state index contributed by atoms with van der Waals surface area (Å²) in [6.07, 6.45) is 3.99. The molecule has 4 heterocycles. The molecular weight excluding hydrogens is 448 g/mol. The number of rotatable bonds is 5. The van der Waals surface area contributed by atoms with Gasteiger partial charge >= 0.3 is 0 Å². The normalized spacial score (nSPS) is 16.9. The van der Waals surface area contributed by atoms with Gasteiger partial charge in [-0.2, -0.15) is 15.1 Å². The van der Waals surface area contributed by atoms with Crippen LogP contribution in [0, 0.1) is 15.5 Å². The van der Waals surface area contributed by atoms with Crippen LogP contribution in [-0.2, 0) is 11.2 Å². The smallest absolute Gasteiger partial charge is 0.283 e. The van der Waals surface area contributed by atoms with Gasteiger partial charge in [0, 0.05) is 41.0 Å². The van der Waals surface area contributed by atoms with Gasteiger partial charge in [-0.3, -0.25) is 20.3 Å². The van der Waals surface area contributed by atoms with E-state index in [1.54, 1.807) is 52.4 Å². The number of amidine groups is 2. The van der Waals surface area contributed by atoms with E-state index in [9.17, 15) is 14.9 Å². The molecule has 9 nitrogen and oxygen atoms in total. The molecule has 2 aliphatic rings. The van der Waals surface area contributed by atoms with Gasteiger partial charge < -0.3 is 4.57 Å². The van der Waals surface area contributed by atoms with Crippen molar-refractivity contribution < 1.29 is 9.72 Å². The van der Waals surface area contributed by atoms with Crippen molar-refractivity contribution in [1.29, 1.82) is 5.41 Å². The van der Waals surface area contributed by atoms with Crippen LogP contribution >= 0.6 is 23.1 Å². The number of nitro benzene ring substituents is 1. The number of amides is 1. The van der Waals surface area contributed by atoms with Crippen LogP contribution in [-0.4, -0.2) is 36.5 Å². The van der Waals surface area contributed by atoms with Gasteiger partial charge in [-0.25, -0.2) is 0 Å². The summed E-state index contributed by atoms with van der Waals surface area (Å²) in [5.41, 5.74) is 1.45. The third-order valence-corrected chi connectivity index (χ3v) is 6.60. The van der Waals surface area contributed by atoms with Gasteiger partial charge in [-0.1, -0.05) is 6.07 Å². The van der Waals surface area contributed by atoms with Crippen molar-refractivity contribution in [2.24, 2.45) is 10.1 Å². The van der Waals surface area contributed by atoms with Gasteiger partial charge in [0.15, 0.2) is 5.84 Å².